The van der Waals surface area contributed by atoms with E-state index in [4.69, 9.17) is 5.11 Å². The van der Waals surface area contributed by atoms with Crippen LogP contribution in [0.4, 0.5) is 5.69 Å². The zero-order valence-corrected chi connectivity index (χ0v) is 13.2. The van der Waals surface area contributed by atoms with Crippen molar-refractivity contribution in [1.29, 1.82) is 0 Å². The molecule has 0 unspecified atom stereocenters. The Morgan fingerprint density at radius 3 is 2.50 bits per heavy atom. The molecular weight excluding hydrogens is 318 g/mol. The minimum atomic E-state index is -0.882. The first-order chi connectivity index (χ1) is 11.3. The number of hydrogen-bond acceptors (Lipinski definition) is 5. The summed E-state index contributed by atoms with van der Waals surface area (Å²) in [6.45, 7) is 1.63. The normalized spacial score (nSPS) is 10.0. The predicted octanol–water partition coefficient (Wildman–Crippen LogP) is 1.00. The molecule has 0 aliphatic rings. The molecule has 0 spiro atoms. The summed E-state index contributed by atoms with van der Waals surface area (Å²) in [4.78, 5) is 44.0. The molecule has 1 aromatic rings. The first kappa shape index (κ1) is 19.1. The highest BCUT2D eigenvalue weighted by Gasteiger charge is 2.14. The number of carbonyl (C=O) groups excluding carboxylic acids is 2. The van der Waals surface area contributed by atoms with Crippen LogP contribution in [0.2, 0.25) is 0 Å². The second-order valence-corrected chi connectivity index (χ2v) is 5.14. The van der Waals surface area contributed by atoms with Gasteiger partial charge < -0.3 is 15.7 Å². The third-order valence-electron chi connectivity index (χ3n) is 3.20. The number of aryl methyl sites for hydroxylation is 1. The highest BCUT2D eigenvalue weighted by Crippen LogP contribution is 2.18. The minimum Gasteiger partial charge on any atom is -0.481 e. The maximum atomic E-state index is 11.9. The Labute approximate surface area is 138 Å². The SMILES string of the molecule is Cc1cc(C(=O)NCC(=O)NCCCCC(=O)O)ccc1[N+](=O)[O-]. The van der Waals surface area contributed by atoms with Crippen molar-refractivity contribution < 1.29 is 24.4 Å². The van der Waals surface area contributed by atoms with Gasteiger partial charge in [0.2, 0.25) is 5.91 Å². The number of nitro groups is 1. The first-order valence-electron chi connectivity index (χ1n) is 7.33. The standard InChI is InChI=1S/C15H19N3O6/c1-10-8-11(5-6-12(10)18(23)24)15(22)17-9-13(19)16-7-3-2-4-14(20)21/h5-6,8H,2-4,7,9H2,1H3,(H,16,19)(H,17,22)(H,20,21). The lowest BCUT2D eigenvalue weighted by Crippen LogP contribution is -2.37. The maximum absolute atomic E-state index is 11.9. The van der Waals surface area contributed by atoms with Crippen molar-refractivity contribution in [3.63, 3.8) is 0 Å². The van der Waals surface area contributed by atoms with Crippen LogP contribution >= 0.6 is 0 Å². The van der Waals surface area contributed by atoms with Gasteiger partial charge in [0.15, 0.2) is 0 Å². The molecule has 0 saturated carbocycles. The number of hydrogen-bond donors (Lipinski definition) is 3. The lowest BCUT2D eigenvalue weighted by molar-refractivity contribution is -0.385. The van der Waals surface area contributed by atoms with E-state index >= 15 is 0 Å². The summed E-state index contributed by atoms with van der Waals surface area (Å²) in [5.74, 6) is -1.78. The topological polar surface area (TPSA) is 139 Å². The zero-order valence-electron chi connectivity index (χ0n) is 13.2. The van der Waals surface area contributed by atoms with Crippen molar-refractivity contribution in [3.8, 4) is 0 Å². The largest absolute Gasteiger partial charge is 0.481 e. The minimum absolute atomic E-state index is 0.0477. The van der Waals surface area contributed by atoms with Gasteiger partial charge in [0.05, 0.1) is 11.5 Å². The van der Waals surface area contributed by atoms with Gasteiger partial charge in [-0.05, 0) is 31.9 Å². The molecular formula is C15H19N3O6. The van der Waals surface area contributed by atoms with Gasteiger partial charge in [-0.25, -0.2) is 0 Å². The molecule has 3 N–H and O–H groups in total. The lowest BCUT2D eigenvalue weighted by Gasteiger charge is -2.07. The highest BCUT2D eigenvalue weighted by atomic mass is 16.6. The number of carboxylic acids is 1. The molecule has 0 radical (unpaired) electrons. The molecule has 0 aromatic heterocycles. The molecule has 9 nitrogen and oxygen atoms in total. The van der Waals surface area contributed by atoms with E-state index in [1.807, 2.05) is 0 Å². The molecule has 1 rings (SSSR count). The third-order valence-corrected chi connectivity index (χ3v) is 3.20. The van der Waals surface area contributed by atoms with Crippen molar-refractivity contribution in [2.75, 3.05) is 13.1 Å². The van der Waals surface area contributed by atoms with Crippen molar-refractivity contribution >= 4 is 23.5 Å². The zero-order chi connectivity index (χ0) is 18.1. The van der Waals surface area contributed by atoms with Crippen LogP contribution in [0.1, 0.15) is 35.2 Å². The number of rotatable bonds is 9. The Hall–Kier alpha value is -2.97. The number of carboxylic acid groups (broad SMARTS) is 1. The van der Waals surface area contributed by atoms with Gasteiger partial charge >= 0.3 is 5.97 Å². The Morgan fingerprint density at radius 2 is 1.92 bits per heavy atom. The summed E-state index contributed by atoms with van der Waals surface area (Å²) < 4.78 is 0. The van der Waals surface area contributed by atoms with Crippen molar-refractivity contribution in [2.45, 2.75) is 26.2 Å². The van der Waals surface area contributed by atoms with E-state index in [0.717, 1.165) is 0 Å². The number of unbranched alkanes of at least 4 members (excludes halogenated alkanes) is 1. The number of aliphatic carboxylic acids is 1. The first-order valence-corrected chi connectivity index (χ1v) is 7.33. The van der Waals surface area contributed by atoms with Gasteiger partial charge in [-0.3, -0.25) is 24.5 Å². The van der Waals surface area contributed by atoms with Gasteiger partial charge in [-0.1, -0.05) is 0 Å². The second-order valence-electron chi connectivity index (χ2n) is 5.14. The Morgan fingerprint density at radius 1 is 1.21 bits per heavy atom. The number of carbonyl (C=O) groups is 3. The fraction of sp³-hybridized carbons (Fsp3) is 0.400. The fourth-order valence-corrected chi connectivity index (χ4v) is 1.96. The third kappa shape index (κ3) is 6.42. The van der Waals surface area contributed by atoms with Crippen molar-refractivity contribution in [3.05, 3.63) is 39.4 Å². The molecule has 2 amide bonds. The molecule has 0 aliphatic carbocycles. The van der Waals surface area contributed by atoms with Crippen LogP contribution in [0.15, 0.2) is 18.2 Å². The summed E-state index contributed by atoms with van der Waals surface area (Å²) in [6.07, 6.45) is 1.05. The monoisotopic (exact) mass is 337 g/mol. The van der Waals surface area contributed by atoms with Crippen LogP contribution in [0.5, 0.6) is 0 Å². The number of nitrogens with zero attached hydrogens (tertiary/aromatic N) is 1. The fourth-order valence-electron chi connectivity index (χ4n) is 1.96. The van der Waals surface area contributed by atoms with Gasteiger partial charge in [0.1, 0.15) is 0 Å². The van der Waals surface area contributed by atoms with Crippen molar-refractivity contribution in [1.82, 2.24) is 10.6 Å². The molecule has 0 atom stereocenters. The van der Waals surface area contributed by atoms with E-state index in [9.17, 15) is 24.5 Å². The lowest BCUT2D eigenvalue weighted by atomic mass is 10.1. The summed E-state index contributed by atoms with van der Waals surface area (Å²) in [6, 6.07) is 3.95. The van der Waals surface area contributed by atoms with E-state index < -0.39 is 22.7 Å². The van der Waals surface area contributed by atoms with Crippen LogP contribution in [-0.4, -0.2) is 40.9 Å². The molecule has 0 fully saturated rings. The second kappa shape index (κ2) is 9.23. The van der Waals surface area contributed by atoms with E-state index in [2.05, 4.69) is 10.6 Å². The van der Waals surface area contributed by atoms with Gasteiger partial charge in [0.25, 0.3) is 11.6 Å². The summed E-state index contributed by atoms with van der Waals surface area (Å²) in [7, 11) is 0. The highest BCUT2D eigenvalue weighted by molar-refractivity contribution is 5.96. The van der Waals surface area contributed by atoms with E-state index in [0.29, 0.717) is 24.9 Å². The smallest absolute Gasteiger partial charge is 0.303 e. The molecule has 0 aliphatic heterocycles. The van der Waals surface area contributed by atoms with Crippen molar-refractivity contribution in [2.24, 2.45) is 0 Å². The number of nitrogens with one attached hydrogen (secondary N) is 2. The Balaban J connectivity index is 2.37. The van der Waals surface area contributed by atoms with E-state index in [-0.39, 0.29) is 24.2 Å². The summed E-state index contributed by atoms with van der Waals surface area (Å²) >= 11 is 0. The maximum Gasteiger partial charge on any atom is 0.303 e. The number of amides is 2. The average molecular weight is 337 g/mol. The van der Waals surface area contributed by atoms with Crippen LogP contribution in [0, 0.1) is 17.0 Å². The number of benzene rings is 1. The molecule has 1 aromatic carbocycles. The molecule has 130 valence electrons. The molecule has 9 heteroatoms. The van der Waals surface area contributed by atoms with E-state index in [1.165, 1.54) is 25.1 Å². The van der Waals surface area contributed by atoms with Crippen LogP contribution in [-0.2, 0) is 9.59 Å². The van der Waals surface area contributed by atoms with Gasteiger partial charge in [-0.2, -0.15) is 0 Å². The summed E-state index contributed by atoms with van der Waals surface area (Å²) in [5.41, 5.74) is 0.508. The molecule has 24 heavy (non-hydrogen) atoms. The molecule has 0 heterocycles. The quantitative estimate of drug-likeness (QED) is 0.349. The molecule has 0 bridgehead atoms. The Bertz CT molecular complexity index is 644. The Kier molecular flexibility index (Phi) is 7.34. The predicted molar refractivity (Wildman–Crippen MR) is 84.7 cm³/mol. The van der Waals surface area contributed by atoms with Crippen LogP contribution < -0.4 is 10.6 Å². The van der Waals surface area contributed by atoms with E-state index in [1.54, 1.807) is 0 Å². The summed E-state index contributed by atoms with van der Waals surface area (Å²) in [5, 5.41) is 24.2. The van der Waals surface area contributed by atoms with Crippen LogP contribution in [0.25, 0.3) is 0 Å². The molecule has 0 saturated heterocycles. The van der Waals surface area contributed by atoms with Gasteiger partial charge in [-0.15, -0.1) is 0 Å². The average Bonchev–Trinajstić information content (AvgIpc) is 2.51. The van der Waals surface area contributed by atoms with Crippen LogP contribution in [0.3, 0.4) is 0 Å². The number of nitro benzene ring substituents is 1. The van der Waals surface area contributed by atoms with Gasteiger partial charge in [0, 0.05) is 30.2 Å².